The molecule has 0 atom stereocenters. The van der Waals surface area contributed by atoms with Gasteiger partial charge in [-0.2, -0.15) is 0 Å². The summed E-state index contributed by atoms with van der Waals surface area (Å²) in [6, 6.07) is 12.8. The lowest BCUT2D eigenvalue weighted by Crippen LogP contribution is -2.38. The van der Waals surface area contributed by atoms with E-state index in [0.717, 1.165) is 6.07 Å². The first-order valence-corrected chi connectivity index (χ1v) is 15.5. The Balaban J connectivity index is 1.90. The molecule has 0 bridgehead atoms. The van der Waals surface area contributed by atoms with E-state index in [1.807, 2.05) is 27.7 Å². The summed E-state index contributed by atoms with van der Waals surface area (Å²) < 4.78 is 17.2. The minimum Gasteiger partial charge on any atom is -0.491 e. The molecule has 3 rings (SSSR count). The van der Waals surface area contributed by atoms with Gasteiger partial charge >= 0.3 is 5.69 Å². The molecule has 3 amide bonds. The van der Waals surface area contributed by atoms with E-state index in [9.17, 15) is 24.5 Å². The van der Waals surface area contributed by atoms with Crippen LogP contribution >= 0.6 is 0 Å². The number of nitrogens with zero attached hydrogens (tertiary/aromatic N) is 2. The number of nitrogens with one attached hydrogen (secondary N) is 4. The van der Waals surface area contributed by atoms with E-state index in [-0.39, 0.29) is 77.2 Å². The molecule has 3 aromatic rings. The van der Waals surface area contributed by atoms with Crippen LogP contribution in [0.2, 0.25) is 0 Å². The van der Waals surface area contributed by atoms with Gasteiger partial charge in [0, 0.05) is 42.9 Å². The average molecular weight is 679 g/mol. The summed E-state index contributed by atoms with van der Waals surface area (Å²) in [5, 5.41) is 31.5. The SMILES string of the molecule is CN=C(NC)NC(=O)c1ccc(NC(=O)c2ccc(NC(=O)c3ccc([N+](=O)[O-])c(OCCO)c3)c(OCC(C)C)c2)c(OCC(C)C)c1. The Bertz CT molecular complexity index is 1690. The number of anilines is 2. The number of hydrogen-bond acceptors (Lipinski definition) is 10. The van der Waals surface area contributed by atoms with Crippen molar-refractivity contribution >= 4 is 40.7 Å². The third kappa shape index (κ3) is 10.9. The summed E-state index contributed by atoms with van der Waals surface area (Å²) in [5.74, 6) is -0.633. The molecule has 0 saturated heterocycles. The molecule has 0 unspecified atom stereocenters. The van der Waals surface area contributed by atoms with Gasteiger partial charge in [-0.3, -0.25) is 34.8 Å². The molecule has 0 aromatic heterocycles. The van der Waals surface area contributed by atoms with Crippen molar-refractivity contribution in [1.29, 1.82) is 0 Å². The Morgan fingerprint density at radius 2 is 1.24 bits per heavy atom. The van der Waals surface area contributed by atoms with Gasteiger partial charge < -0.3 is 35.3 Å². The number of carbonyl (C=O) groups excluding carboxylic acids is 3. The van der Waals surface area contributed by atoms with Gasteiger partial charge in [0.2, 0.25) is 0 Å². The van der Waals surface area contributed by atoms with E-state index < -0.39 is 22.6 Å². The number of aliphatic hydroxyl groups excluding tert-OH is 1. The van der Waals surface area contributed by atoms with Crippen molar-refractivity contribution < 1.29 is 38.6 Å². The highest BCUT2D eigenvalue weighted by Crippen LogP contribution is 2.32. The second-order valence-electron chi connectivity index (χ2n) is 11.5. The van der Waals surface area contributed by atoms with Gasteiger partial charge in [0.1, 0.15) is 18.1 Å². The van der Waals surface area contributed by atoms with E-state index in [2.05, 4.69) is 26.3 Å². The molecule has 49 heavy (non-hydrogen) atoms. The molecule has 5 N–H and O–H groups in total. The van der Waals surface area contributed by atoms with Crippen LogP contribution in [0.15, 0.2) is 59.6 Å². The number of hydrogen-bond donors (Lipinski definition) is 5. The molecular formula is C34H42N6O9. The van der Waals surface area contributed by atoms with Crippen molar-refractivity contribution in [2.45, 2.75) is 27.7 Å². The van der Waals surface area contributed by atoms with E-state index >= 15 is 0 Å². The Kier molecular flexibility index (Phi) is 13.9. The molecule has 0 aliphatic carbocycles. The third-order valence-electron chi connectivity index (χ3n) is 6.59. The first-order valence-electron chi connectivity index (χ1n) is 15.5. The number of guanidine groups is 1. The molecule has 0 aliphatic rings. The quantitative estimate of drug-likeness (QED) is 0.0660. The lowest BCUT2D eigenvalue weighted by atomic mass is 10.1. The van der Waals surface area contributed by atoms with Crippen LogP contribution < -0.4 is 35.5 Å². The first-order chi connectivity index (χ1) is 23.4. The molecule has 0 spiro atoms. The predicted octanol–water partition coefficient (Wildman–Crippen LogP) is 4.48. The molecule has 0 saturated carbocycles. The van der Waals surface area contributed by atoms with Crippen molar-refractivity contribution in [2.24, 2.45) is 16.8 Å². The number of nitro groups is 1. The predicted molar refractivity (Wildman–Crippen MR) is 185 cm³/mol. The van der Waals surface area contributed by atoms with E-state index in [4.69, 9.17) is 19.3 Å². The lowest BCUT2D eigenvalue weighted by molar-refractivity contribution is -0.385. The van der Waals surface area contributed by atoms with Crippen LogP contribution in [0, 0.1) is 22.0 Å². The van der Waals surface area contributed by atoms with Gasteiger partial charge in [-0.1, -0.05) is 27.7 Å². The van der Waals surface area contributed by atoms with Crippen molar-refractivity contribution in [2.75, 3.05) is 51.2 Å². The summed E-state index contributed by atoms with van der Waals surface area (Å²) in [7, 11) is 3.16. The van der Waals surface area contributed by atoms with Crippen LogP contribution in [-0.4, -0.2) is 74.2 Å². The van der Waals surface area contributed by atoms with Gasteiger partial charge in [-0.25, -0.2) is 0 Å². The molecule has 0 aliphatic heterocycles. The van der Waals surface area contributed by atoms with Gasteiger partial charge in [0.05, 0.1) is 36.1 Å². The highest BCUT2D eigenvalue weighted by atomic mass is 16.6. The zero-order valence-electron chi connectivity index (χ0n) is 28.3. The molecule has 3 aromatic carbocycles. The molecule has 0 radical (unpaired) electrons. The zero-order chi connectivity index (χ0) is 36.1. The van der Waals surface area contributed by atoms with Crippen LogP contribution in [0.5, 0.6) is 17.2 Å². The van der Waals surface area contributed by atoms with Gasteiger partial charge in [-0.15, -0.1) is 0 Å². The van der Waals surface area contributed by atoms with Crippen molar-refractivity contribution in [1.82, 2.24) is 10.6 Å². The van der Waals surface area contributed by atoms with Gasteiger partial charge in [0.25, 0.3) is 17.7 Å². The number of nitro benzene ring substituents is 1. The highest BCUT2D eigenvalue weighted by Gasteiger charge is 2.21. The Morgan fingerprint density at radius 3 is 1.67 bits per heavy atom. The summed E-state index contributed by atoms with van der Waals surface area (Å²) in [6.45, 7) is 7.86. The number of benzene rings is 3. The van der Waals surface area contributed by atoms with Gasteiger partial charge in [0.15, 0.2) is 11.7 Å². The largest absolute Gasteiger partial charge is 0.491 e. The van der Waals surface area contributed by atoms with E-state index in [1.54, 1.807) is 19.2 Å². The summed E-state index contributed by atoms with van der Waals surface area (Å²) in [4.78, 5) is 54.2. The second-order valence-corrected chi connectivity index (χ2v) is 11.5. The van der Waals surface area contributed by atoms with Crippen LogP contribution in [0.25, 0.3) is 0 Å². The first kappa shape index (κ1) is 37.8. The maximum absolute atomic E-state index is 13.5. The Hall–Kier alpha value is -5.70. The molecule has 0 heterocycles. The molecular weight excluding hydrogens is 636 g/mol. The molecule has 262 valence electrons. The normalized spacial score (nSPS) is 11.2. The number of aliphatic hydroxyl groups is 1. The highest BCUT2D eigenvalue weighted by molar-refractivity contribution is 6.09. The Morgan fingerprint density at radius 1 is 0.776 bits per heavy atom. The maximum Gasteiger partial charge on any atom is 0.310 e. The average Bonchev–Trinajstić information content (AvgIpc) is 3.08. The number of rotatable bonds is 15. The minimum atomic E-state index is -0.650. The van der Waals surface area contributed by atoms with Gasteiger partial charge in [-0.05, 0) is 54.3 Å². The number of aliphatic imine (C=N–C) groups is 1. The fraction of sp³-hybridized carbons (Fsp3) is 0.353. The number of carbonyl (C=O) groups is 3. The maximum atomic E-state index is 13.5. The van der Waals surface area contributed by atoms with Crippen molar-refractivity contribution in [3.63, 3.8) is 0 Å². The molecule has 15 heteroatoms. The fourth-order valence-corrected chi connectivity index (χ4v) is 4.16. The van der Waals surface area contributed by atoms with E-state index in [0.29, 0.717) is 18.0 Å². The topological polar surface area (TPSA) is 203 Å². The Labute approximate surface area is 284 Å². The summed E-state index contributed by atoms with van der Waals surface area (Å²) in [6.07, 6.45) is 0. The summed E-state index contributed by atoms with van der Waals surface area (Å²) >= 11 is 0. The monoisotopic (exact) mass is 678 g/mol. The fourth-order valence-electron chi connectivity index (χ4n) is 4.16. The van der Waals surface area contributed by atoms with Crippen LogP contribution in [0.4, 0.5) is 17.1 Å². The van der Waals surface area contributed by atoms with Crippen LogP contribution in [-0.2, 0) is 0 Å². The standard InChI is InChI=1S/C34H42N6O9/c1-20(2)18-48-28-15-22(7-10-25(28)38-32(43)24-9-12-27(40(45)46)30(17-24)47-14-13-41)31(42)37-26-11-8-23(16-29(26)49-19-21(3)4)33(44)39-34(35-5)36-6/h7-12,15-17,20-21,41H,13-14,18-19H2,1-6H3,(H,37,42)(H,38,43)(H2,35,36,39,44). The van der Waals surface area contributed by atoms with E-state index in [1.165, 1.54) is 43.4 Å². The number of ether oxygens (including phenoxy) is 3. The lowest BCUT2D eigenvalue weighted by Gasteiger charge is -2.17. The molecule has 0 fully saturated rings. The van der Waals surface area contributed by atoms with Crippen LogP contribution in [0.1, 0.15) is 58.8 Å². The smallest absolute Gasteiger partial charge is 0.310 e. The molecule has 15 nitrogen and oxygen atoms in total. The van der Waals surface area contributed by atoms with Crippen LogP contribution in [0.3, 0.4) is 0 Å². The van der Waals surface area contributed by atoms with Crippen molar-refractivity contribution in [3.05, 3.63) is 81.4 Å². The number of amides is 3. The second kappa shape index (κ2) is 18.0. The third-order valence-corrected chi connectivity index (χ3v) is 6.59. The summed E-state index contributed by atoms with van der Waals surface area (Å²) in [5.41, 5.74) is 0.793. The zero-order valence-corrected chi connectivity index (χ0v) is 28.3. The van der Waals surface area contributed by atoms with Crippen molar-refractivity contribution in [3.8, 4) is 17.2 Å². The minimum absolute atomic E-state index is 0.0605.